The number of hydrogen-bond donors (Lipinski definition) is 1. The second-order valence-electron chi connectivity index (χ2n) is 7.99. The van der Waals surface area contributed by atoms with Crippen LogP contribution in [-0.2, 0) is 20.6 Å². The third kappa shape index (κ3) is 6.12. The molecule has 2 atom stereocenters. The number of piperidine rings is 1. The van der Waals surface area contributed by atoms with E-state index in [0.717, 1.165) is 5.56 Å². The van der Waals surface area contributed by atoms with Gasteiger partial charge in [0.25, 0.3) is 0 Å². The molecule has 33 heavy (non-hydrogen) atoms. The Morgan fingerprint density at radius 1 is 1.18 bits per heavy atom. The van der Waals surface area contributed by atoms with E-state index in [1.807, 2.05) is 13.0 Å². The van der Waals surface area contributed by atoms with Crippen molar-refractivity contribution in [2.24, 2.45) is 5.92 Å². The summed E-state index contributed by atoms with van der Waals surface area (Å²) in [5.74, 6) is 0.308. The zero-order valence-electron chi connectivity index (χ0n) is 18.8. The van der Waals surface area contributed by atoms with E-state index in [0.29, 0.717) is 46.5 Å². The molecular formula is C23H28Cl2N2O5S. The lowest BCUT2D eigenvalue weighted by Crippen LogP contribution is -2.46. The van der Waals surface area contributed by atoms with Crippen LogP contribution in [0.5, 0.6) is 11.5 Å². The van der Waals surface area contributed by atoms with Gasteiger partial charge in [-0.25, -0.2) is 12.7 Å². The Kier molecular flexibility index (Phi) is 8.50. The van der Waals surface area contributed by atoms with Crippen LogP contribution < -0.4 is 14.8 Å². The third-order valence-electron chi connectivity index (χ3n) is 5.80. The minimum atomic E-state index is -3.70. The van der Waals surface area contributed by atoms with Gasteiger partial charge in [-0.3, -0.25) is 4.79 Å². The van der Waals surface area contributed by atoms with Gasteiger partial charge < -0.3 is 14.8 Å². The Bertz CT molecular complexity index is 1090. The van der Waals surface area contributed by atoms with Crippen molar-refractivity contribution < 1.29 is 22.7 Å². The van der Waals surface area contributed by atoms with Gasteiger partial charge in [0.05, 0.1) is 31.9 Å². The molecular weight excluding hydrogens is 487 g/mol. The molecule has 2 unspecified atom stereocenters. The van der Waals surface area contributed by atoms with Crippen molar-refractivity contribution in [1.82, 2.24) is 9.62 Å². The van der Waals surface area contributed by atoms with E-state index in [9.17, 15) is 13.2 Å². The topological polar surface area (TPSA) is 84.9 Å². The van der Waals surface area contributed by atoms with Crippen molar-refractivity contribution >= 4 is 39.1 Å². The molecule has 1 amide bonds. The van der Waals surface area contributed by atoms with Gasteiger partial charge >= 0.3 is 0 Å². The summed E-state index contributed by atoms with van der Waals surface area (Å²) < 4.78 is 38.2. The Morgan fingerprint density at radius 2 is 1.88 bits per heavy atom. The Hall–Kier alpha value is -2.00. The van der Waals surface area contributed by atoms with Crippen LogP contribution in [0.15, 0.2) is 36.4 Å². The molecule has 1 N–H and O–H groups in total. The van der Waals surface area contributed by atoms with Crippen molar-refractivity contribution in [2.45, 2.75) is 31.6 Å². The number of methoxy groups -OCH3 is 2. The molecule has 0 saturated carbocycles. The number of nitrogens with zero attached hydrogens (tertiary/aromatic N) is 1. The van der Waals surface area contributed by atoms with Crippen LogP contribution in [0.1, 0.15) is 36.9 Å². The number of nitrogens with one attached hydrogen (secondary N) is 1. The molecule has 10 heteroatoms. The lowest BCUT2D eigenvalue weighted by Gasteiger charge is -2.32. The zero-order valence-corrected chi connectivity index (χ0v) is 21.1. The number of carbonyl (C=O) groups excluding carboxylic acids is 1. The van der Waals surface area contributed by atoms with E-state index in [-0.39, 0.29) is 24.2 Å². The lowest BCUT2D eigenvalue weighted by molar-refractivity contribution is -0.126. The van der Waals surface area contributed by atoms with Gasteiger partial charge in [0.15, 0.2) is 0 Å². The summed E-state index contributed by atoms with van der Waals surface area (Å²) in [5, 5.41) is 3.60. The summed E-state index contributed by atoms with van der Waals surface area (Å²) in [7, 11) is -0.565. The Balaban J connectivity index is 1.70. The minimum Gasteiger partial charge on any atom is -0.497 e. The number of sulfonamides is 1. The maximum absolute atomic E-state index is 13.1. The number of hydrogen-bond acceptors (Lipinski definition) is 5. The van der Waals surface area contributed by atoms with E-state index in [4.69, 9.17) is 32.7 Å². The first-order valence-corrected chi connectivity index (χ1v) is 13.0. The van der Waals surface area contributed by atoms with E-state index >= 15 is 0 Å². The van der Waals surface area contributed by atoms with Crippen LogP contribution in [0.25, 0.3) is 0 Å². The lowest BCUT2D eigenvalue weighted by atomic mass is 9.97. The summed E-state index contributed by atoms with van der Waals surface area (Å²) in [4.78, 5) is 13.0. The van der Waals surface area contributed by atoms with E-state index < -0.39 is 15.9 Å². The molecule has 0 aliphatic carbocycles. The van der Waals surface area contributed by atoms with Crippen molar-refractivity contribution in [2.75, 3.05) is 27.3 Å². The number of rotatable bonds is 8. The van der Waals surface area contributed by atoms with Crippen LogP contribution in [0, 0.1) is 5.92 Å². The normalized spacial score (nSPS) is 17.9. The van der Waals surface area contributed by atoms with Crippen LogP contribution in [-0.4, -0.2) is 45.9 Å². The predicted octanol–water partition coefficient (Wildman–Crippen LogP) is 4.43. The monoisotopic (exact) mass is 514 g/mol. The number of carbonyl (C=O) groups is 1. The highest BCUT2D eigenvalue weighted by atomic mass is 35.5. The molecule has 0 spiro atoms. The SMILES string of the molecule is COc1ccc(OC)c(C(C)NC(=O)C2CCCN(S(=O)(=O)Cc3c(Cl)cccc3Cl)C2)c1. The van der Waals surface area contributed by atoms with Crippen molar-refractivity contribution in [1.29, 1.82) is 0 Å². The molecule has 0 radical (unpaired) electrons. The molecule has 2 aromatic rings. The summed E-state index contributed by atoms with van der Waals surface area (Å²) in [6, 6.07) is 9.92. The fourth-order valence-corrected chi connectivity index (χ4v) is 6.30. The molecule has 1 heterocycles. The molecule has 2 aromatic carbocycles. The van der Waals surface area contributed by atoms with Gasteiger partial charge in [0, 0.05) is 34.3 Å². The first-order chi connectivity index (χ1) is 15.7. The quantitative estimate of drug-likeness (QED) is 0.563. The number of halogens is 2. The van der Waals surface area contributed by atoms with Gasteiger partial charge in [0.1, 0.15) is 11.5 Å². The molecule has 1 aliphatic heterocycles. The van der Waals surface area contributed by atoms with Crippen LogP contribution >= 0.6 is 23.2 Å². The molecule has 180 valence electrons. The minimum absolute atomic E-state index is 0.109. The van der Waals surface area contributed by atoms with E-state index in [1.165, 1.54) is 4.31 Å². The van der Waals surface area contributed by atoms with Crippen LogP contribution in [0.2, 0.25) is 10.0 Å². The summed E-state index contributed by atoms with van der Waals surface area (Å²) >= 11 is 12.3. The van der Waals surface area contributed by atoms with Gasteiger partial charge in [-0.05, 0) is 50.1 Å². The summed E-state index contributed by atoms with van der Waals surface area (Å²) in [5.41, 5.74) is 1.14. The highest BCUT2D eigenvalue weighted by molar-refractivity contribution is 7.88. The molecule has 1 fully saturated rings. The van der Waals surface area contributed by atoms with E-state index in [2.05, 4.69) is 5.32 Å². The van der Waals surface area contributed by atoms with Crippen molar-refractivity contribution in [3.63, 3.8) is 0 Å². The van der Waals surface area contributed by atoms with Gasteiger partial charge in [-0.1, -0.05) is 29.3 Å². The molecule has 3 rings (SSSR count). The highest BCUT2D eigenvalue weighted by Gasteiger charge is 2.33. The van der Waals surface area contributed by atoms with E-state index in [1.54, 1.807) is 44.6 Å². The summed E-state index contributed by atoms with van der Waals surface area (Å²) in [6.07, 6.45) is 1.19. The summed E-state index contributed by atoms with van der Waals surface area (Å²) in [6.45, 7) is 2.32. The third-order valence-corrected chi connectivity index (χ3v) is 8.28. The predicted molar refractivity (Wildman–Crippen MR) is 129 cm³/mol. The average molecular weight is 515 g/mol. The van der Waals surface area contributed by atoms with Gasteiger partial charge in [0.2, 0.25) is 15.9 Å². The maximum atomic E-state index is 13.1. The zero-order chi connectivity index (χ0) is 24.2. The Labute approximate surface area is 205 Å². The fourth-order valence-electron chi connectivity index (χ4n) is 3.94. The number of ether oxygens (including phenoxy) is 2. The molecule has 0 bridgehead atoms. The number of benzene rings is 2. The molecule has 1 aliphatic rings. The standard InChI is InChI=1S/C23H28Cl2N2O5S/c1-15(18-12-17(31-2)9-10-22(18)32-3)26-23(28)16-6-5-11-27(13-16)33(29,30)14-19-20(24)7-4-8-21(19)25/h4,7-10,12,15-16H,5-6,11,13-14H2,1-3H3,(H,26,28). The largest absolute Gasteiger partial charge is 0.497 e. The maximum Gasteiger partial charge on any atom is 0.224 e. The fraction of sp³-hybridized carbons (Fsp3) is 0.435. The molecule has 0 aromatic heterocycles. The van der Waals surface area contributed by atoms with Gasteiger partial charge in [-0.2, -0.15) is 0 Å². The highest BCUT2D eigenvalue weighted by Crippen LogP contribution is 2.31. The second kappa shape index (κ2) is 11.0. The van der Waals surface area contributed by atoms with Crippen LogP contribution in [0.3, 0.4) is 0 Å². The first-order valence-electron chi connectivity index (χ1n) is 10.6. The van der Waals surface area contributed by atoms with Crippen molar-refractivity contribution in [3.05, 3.63) is 57.6 Å². The van der Waals surface area contributed by atoms with Crippen molar-refractivity contribution in [3.8, 4) is 11.5 Å². The first kappa shape index (κ1) is 25.6. The molecule has 1 saturated heterocycles. The van der Waals surface area contributed by atoms with Crippen LogP contribution in [0.4, 0.5) is 0 Å². The van der Waals surface area contributed by atoms with Gasteiger partial charge in [-0.15, -0.1) is 0 Å². The Morgan fingerprint density at radius 3 is 2.52 bits per heavy atom. The number of amides is 1. The second-order valence-corrected chi connectivity index (χ2v) is 10.8. The molecule has 7 nitrogen and oxygen atoms in total. The average Bonchev–Trinajstić information content (AvgIpc) is 2.81. The smallest absolute Gasteiger partial charge is 0.224 e.